The largest absolute Gasteiger partial charge is 0.484 e. The molecule has 6 heteroatoms. The molecule has 142 valence electrons. The third kappa shape index (κ3) is 5.23. The highest BCUT2D eigenvalue weighted by atomic mass is 16.5. The zero-order valence-corrected chi connectivity index (χ0v) is 15.8. The fraction of sp³-hybridized carbons (Fsp3) is 0.333. The first kappa shape index (κ1) is 18.8. The van der Waals surface area contributed by atoms with Gasteiger partial charge < -0.3 is 19.9 Å². The number of rotatable bonds is 5. The van der Waals surface area contributed by atoms with Gasteiger partial charge >= 0.3 is 0 Å². The number of amides is 2. The summed E-state index contributed by atoms with van der Waals surface area (Å²) in [5.41, 5.74) is 2.99. The van der Waals surface area contributed by atoms with Gasteiger partial charge in [-0.3, -0.25) is 9.59 Å². The number of anilines is 2. The molecule has 0 atom stereocenters. The van der Waals surface area contributed by atoms with Crippen molar-refractivity contribution in [3.8, 4) is 5.75 Å². The van der Waals surface area contributed by atoms with Crippen molar-refractivity contribution in [1.82, 2.24) is 4.90 Å². The highest BCUT2D eigenvalue weighted by molar-refractivity contribution is 5.89. The van der Waals surface area contributed by atoms with Crippen LogP contribution in [0.1, 0.15) is 12.5 Å². The van der Waals surface area contributed by atoms with Crippen LogP contribution >= 0.6 is 0 Å². The van der Waals surface area contributed by atoms with Crippen molar-refractivity contribution in [2.24, 2.45) is 0 Å². The summed E-state index contributed by atoms with van der Waals surface area (Å²) in [5.74, 6) is 0.626. The molecule has 1 heterocycles. The van der Waals surface area contributed by atoms with E-state index in [9.17, 15) is 9.59 Å². The Balaban J connectivity index is 1.50. The van der Waals surface area contributed by atoms with Crippen LogP contribution in [-0.2, 0) is 9.59 Å². The van der Waals surface area contributed by atoms with E-state index in [4.69, 9.17) is 4.74 Å². The third-order valence-corrected chi connectivity index (χ3v) is 4.55. The van der Waals surface area contributed by atoms with Crippen LogP contribution in [-0.4, -0.2) is 49.5 Å². The number of carbonyl (C=O) groups excluding carboxylic acids is 2. The zero-order valence-electron chi connectivity index (χ0n) is 15.8. The van der Waals surface area contributed by atoms with E-state index in [0.29, 0.717) is 18.8 Å². The van der Waals surface area contributed by atoms with Crippen molar-refractivity contribution in [2.45, 2.75) is 13.8 Å². The summed E-state index contributed by atoms with van der Waals surface area (Å²) in [7, 11) is 0. The van der Waals surface area contributed by atoms with Gasteiger partial charge in [-0.15, -0.1) is 0 Å². The number of ether oxygens (including phenoxy) is 1. The smallest absolute Gasteiger partial charge is 0.260 e. The average Bonchev–Trinajstić information content (AvgIpc) is 2.67. The van der Waals surface area contributed by atoms with Crippen molar-refractivity contribution < 1.29 is 14.3 Å². The van der Waals surface area contributed by atoms with Crippen LogP contribution in [0.15, 0.2) is 48.5 Å². The molecule has 2 amide bonds. The molecule has 1 aliphatic rings. The number of piperazine rings is 1. The van der Waals surface area contributed by atoms with Crippen LogP contribution in [0.4, 0.5) is 11.4 Å². The monoisotopic (exact) mass is 367 g/mol. The lowest BCUT2D eigenvalue weighted by Gasteiger charge is -2.36. The fourth-order valence-corrected chi connectivity index (χ4v) is 3.07. The number of aryl methyl sites for hydroxylation is 1. The summed E-state index contributed by atoms with van der Waals surface area (Å²) in [4.78, 5) is 27.7. The van der Waals surface area contributed by atoms with Crippen molar-refractivity contribution in [3.05, 3.63) is 54.1 Å². The molecule has 3 rings (SSSR count). The van der Waals surface area contributed by atoms with Gasteiger partial charge in [-0.2, -0.15) is 0 Å². The maximum absolute atomic E-state index is 12.4. The summed E-state index contributed by atoms with van der Waals surface area (Å²) in [6.45, 7) is 6.37. The Labute approximate surface area is 159 Å². The van der Waals surface area contributed by atoms with E-state index in [1.54, 1.807) is 0 Å². The quantitative estimate of drug-likeness (QED) is 0.883. The molecule has 27 heavy (non-hydrogen) atoms. The standard InChI is InChI=1S/C21H25N3O3/c1-16-6-8-20(9-7-16)27-15-21(26)24-12-10-23(11-13-24)19-5-3-4-18(14-19)22-17(2)25/h3-9,14H,10-13,15H2,1-2H3,(H,22,25). The highest BCUT2D eigenvalue weighted by Gasteiger charge is 2.21. The average molecular weight is 367 g/mol. The van der Waals surface area contributed by atoms with E-state index in [1.807, 2.05) is 60.4 Å². The predicted octanol–water partition coefficient (Wildman–Crippen LogP) is 2.68. The minimum Gasteiger partial charge on any atom is -0.484 e. The fourth-order valence-electron chi connectivity index (χ4n) is 3.07. The Morgan fingerprint density at radius 3 is 2.41 bits per heavy atom. The van der Waals surface area contributed by atoms with Crippen LogP contribution in [0.25, 0.3) is 0 Å². The Kier molecular flexibility index (Phi) is 5.96. The Morgan fingerprint density at radius 2 is 1.74 bits per heavy atom. The number of benzene rings is 2. The second-order valence-electron chi connectivity index (χ2n) is 6.70. The van der Waals surface area contributed by atoms with E-state index in [-0.39, 0.29) is 18.4 Å². The Morgan fingerprint density at radius 1 is 1.04 bits per heavy atom. The second kappa shape index (κ2) is 8.58. The molecule has 0 aliphatic carbocycles. The van der Waals surface area contributed by atoms with Gasteiger partial charge in [0, 0.05) is 44.5 Å². The van der Waals surface area contributed by atoms with Crippen LogP contribution in [0.2, 0.25) is 0 Å². The zero-order chi connectivity index (χ0) is 19.2. The molecule has 0 saturated carbocycles. The first-order chi connectivity index (χ1) is 13.0. The second-order valence-corrected chi connectivity index (χ2v) is 6.70. The summed E-state index contributed by atoms with van der Waals surface area (Å²) in [6, 6.07) is 15.5. The molecule has 0 unspecified atom stereocenters. The molecule has 1 N–H and O–H groups in total. The molecule has 6 nitrogen and oxygen atoms in total. The first-order valence-corrected chi connectivity index (χ1v) is 9.11. The van der Waals surface area contributed by atoms with Gasteiger partial charge in [-0.25, -0.2) is 0 Å². The Bertz CT molecular complexity index is 797. The maximum atomic E-state index is 12.4. The molecule has 0 aromatic heterocycles. The number of nitrogens with one attached hydrogen (secondary N) is 1. The summed E-state index contributed by atoms with van der Waals surface area (Å²) < 4.78 is 5.60. The number of hydrogen-bond acceptors (Lipinski definition) is 4. The molecule has 1 saturated heterocycles. The van der Waals surface area contributed by atoms with Crippen LogP contribution < -0.4 is 15.0 Å². The van der Waals surface area contributed by atoms with E-state index < -0.39 is 0 Å². The van der Waals surface area contributed by atoms with Crippen molar-refractivity contribution in [2.75, 3.05) is 43.0 Å². The molecule has 0 radical (unpaired) electrons. The van der Waals surface area contributed by atoms with Crippen molar-refractivity contribution in [1.29, 1.82) is 0 Å². The van der Waals surface area contributed by atoms with E-state index in [0.717, 1.165) is 30.0 Å². The van der Waals surface area contributed by atoms with Crippen molar-refractivity contribution in [3.63, 3.8) is 0 Å². The normalized spacial score (nSPS) is 14.0. The summed E-state index contributed by atoms with van der Waals surface area (Å²) >= 11 is 0. The lowest BCUT2D eigenvalue weighted by Crippen LogP contribution is -2.50. The molecule has 2 aromatic rings. The van der Waals surface area contributed by atoms with Gasteiger partial charge in [0.2, 0.25) is 5.91 Å². The van der Waals surface area contributed by atoms with E-state index in [2.05, 4.69) is 10.2 Å². The van der Waals surface area contributed by atoms with Gasteiger partial charge in [0.1, 0.15) is 5.75 Å². The minimum atomic E-state index is -0.0869. The highest BCUT2D eigenvalue weighted by Crippen LogP contribution is 2.21. The first-order valence-electron chi connectivity index (χ1n) is 9.11. The number of carbonyl (C=O) groups is 2. The van der Waals surface area contributed by atoms with E-state index >= 15 is 0 Å². The lowest BCUT2D eigenvalue weighted by molar-refractivity contribution is -0.133. The molecule has 0 bridgehead atoms. The molecular weight excluding hydrogens is 342 g/mol. The van der Waals surface area contributed by atoms with E-state index in [1.165, 1.54) is 6.92 Å². The van der Waals surface area contributed by atoms with Gasteiger partial charge in [0.05, 0.1) is 0 Å². The summed E-state index contributed by atoms with van der Waals surface area (Å²) in [6.07, 6.45) is 0. The lowest BCUT2D eigenvalue weighted by atomic mass is 10.2. The molecule has 1 fully saturated rings. The van der Waals surface area contributed by atoms with Crippen LogP contribution in [0.5, 0.6) is 5.75 Å². The SMILES string of the molecule is CC(=O)Nc1cccc(N2CCN(C(=O)COc3ccc(C)cc3)CC2)c1. The predicted molar refractivity (Wildman–Crippen MR) is 106 cm³/mol. The van der Waals surface area contributed by atoms with Crippen LogP contribution in [0, 0.1) is 6.92 Å². The third-order valence-electron chi connectivity index (χ3n) is 4.55. The Hall–Kier alpha value is -3.02. The minimum absolute atomic E-state index is 0.00206. The van der Waals surface area contributed by atoms with Gasteiger partial charge in [0.25, 0.3) is 5.91 Å². The van der Waals surface area contributed by atoms with Gasteiger partial charge in [-0.1, -0.05) is 23.8 Å². The topological polar surface area (TPSA) is 61.9 Å². The molecule has 2 aromatic carbocycles. The molecule has 1 aliphatic heterocycles. The molecule has 0 spiro atoms. The number of nitrogens with zero attached hydrogens (tertiary/aromatic N) is 2. The van der Waals surface area contributed by atoms with Gasteiger partial charge in [0.15, 0.2) is 6.61 Å². The number of hydrogen-bond donors (Lipinski definition) is 1. The maximum Gasteiger partial charge on any atom is 0.260 e. The van der Waals surface area contributed by atoms with Crippen molar-refractivity contribution >= 4 is 23.2 Å². The van der Waals surface area contributed by atoms with Gasteiger partial charge in [-0.05, 0) is 37.3 Å². The molecular formula is C21H25N3O3. The summed E-state index contributed by atoms with van der Waals surface area (Å²) in [5, 5.41) is 2.80. The van der Waals surface area contributed by atoms with Crippen LogP contribution in [0.3, 0.4) is 0 Å².